The molecule has 1 aromatic carbocycles. The number of aryl methyl sites for hydroxylation is 1. The van der Waals surface area contributed by atoms with Gasteiger partial charge in [0, 0.05) is 18.9 Å². The molecule has 96 valence electrons. The largest absolute Gasteiger partial charge is 0.333 e. The van der Waals surface area contributed by atoms with Gasteiger partial charge in [0.15, 0.2) is 0 Å². The summed E-state index contributed by atoms with van der Waals surface area (Å²) in [6.07, 6.45) is 5.04. The third-order valence-electron chi connectivity index (χ3n) is 3.15. The second kappa shape index (κ2) is 6.36. The average molecular weight is 243 g/mol. The fourth-order valence-corrected chi connectivity index (χ4v) is 2.09. The molecule has 2 rings (SSSR count). The van der Waals surface area contributed by atoms with Crippen molar-refractivity contribution in [2.45, 2.75) is 32.9 Å². The third-order valence-corrected chi connectivity index (χ3v) is 3.15. The number of rotatable bonds is 6. The first kappa shape index (κ1) is 12.8. The first-order valence-electron chi connectivity index (χ1n) is 6.57. The van der Waals surface area contributed by atoms with Crippen LogP contribution in [-0.4, -0.2) is 16.1 Å². The van der Waals surface area contributed by atoms with Crippen molar-refractivity contribution in [1.82, 2.24) is 14.9 Å². The van der Waals surface area contributed by atoms with Crippen LogP contribution in [0.5, 0.6) is 0 Å². The van der Waals surface area contributed by atoms with E-state index in [4.69, 9.17) is 0 Å². The fourth-order valence-electron chi connectivity index (χ4n) is 2.09. The summed E-state index contributed by atoms with van der Waals surface area (Å²) in [5.41, 5.74) is 1.33. The van der Waals surface area contributed by atoms with Crippen LogP contribution >= 0.6 is 0 Å². The lowest BCUT2D eigenvalue weighted by atomic mass is 10.1. The molecule has 3 nitrogen and oxygen atoms in total. The second-order valence-electron chi connectivity index (χ2n) is 4.54. The van der Waals surface area contributed by atoms with Crippen LogP contribution in [0.2, 0.25) is 0 Å². The SMILES string of the molecule is CCCNC(Cn1ccnc1C)c1ccccc1. The molecule has 0 aliphatic rings. The van der Waals surface area contributed by atoms with Crippen molar-refractivity contribution in [3.05, 3.63) is 54.1 Å². The molecular weight excluding hydrogens is 222 g/mol. The topological polar surface area (TPSA) is 29.9 Å². The second-order valence-corrected chi connectivity index (χ2v) is 4.54. The van der Waals surface area contributed by atoms with Gasteiger partial charge in [-0.05, 0) is 25.5 Å². The maximum atomic E-state index is 4.28. The molecule has 0 bridgehead atoms. The maximum Gasteiger partial charge on any atom is 0.105 e. The number of aromatic nitrogens is 2. The van der Waals surface area contributed by atoms with Crippen molar-refractivity contribution in [2.24, 2.45) is 0 Å². The predicted octanol–water partition coefficient (Wildman–Crippen LogP) is 2.93. The maximum absolute atomic E-state index is 4.28. The third kappa shape index (κ3) is 3.20. The minimum absolute atomic E-state index is 0.346. The molecule has 2 aromatic rings. The highest BCUT2D eigenvalue weighted by Gasteiger charge is 2.11. The molecule has 0 radical (unpaired) electrons. The van der Waals surface area contributed by atoms with E-state index in [2.05, 4.69) is 52.1 Å². The Morgan fingerprint density at radius 3 is 2.67 bits per heavy atom. The molecule has 1 aromatic heterocycles. The monoisotopic (exact) mass is 243 g/mol. The zero-order chi connectivity index (χ0) is 12.8. The summed E-state index contributed by atoms with van der Waals surface area (Å²) in [6, 6.07) is 11.0. The van der Waals surface area contributed by atoms with Crippen molar-refractivity contribution < 1.29 is 0 Å². The van der Waals surface area contributed by atoms with E-state index < -0.39 is 0 Å². The van der Waals surface area contributed by atoms with E-state index in [1.807, 2.05) is 19.3 Å². The fraction of sp³-hybridized carbons (Fsp3) is 0.400. The van der Waals surface area contributed by atoms with E-state index >= 15 is 0 Å². The summed E-state index contributed by atoms with van der Waals surface area (Å²) in [5, 5.41) is 3.60. The zero-order valence-corrected chi connectivity index (χ0v) is 11.1. The lowest BCUT2D eigenvalue weighted by molar-refractivity contribution is 0.458. The van der Waals surface area contributed by atoms with Crippen LogP contribution in [0, 0.1) is 6.92 Å². The highest BCUT2D eigenvalue weighted by molar-refractivity contribution is 5.19. The van der Waals surface area contributed by atoms with Gasteiger partial charge in [0.05, 0.1) is 6.04 Å². The molecule has 18 heavy (non-hydrogen) atoms. The van der Waals surface area contributed by atoms with Crippen molar-refractivity contribution in [3.63, 3.8) is 0 Å². The van der Waals surface area contributed by atoms with Crippen LogP contribution in [0.15, 0.2) is 42.7 Å². The highest BCUT2D eigenvalue weighted by atomic mass is 15.1. The molecule has 0 aliphatic heterocycles. The number of nitrogens with one attached hydrogen (secondary N) is 1. The van der Waals surface area contributed by atoms with Crippen molar-refractivity contribution in [3.8, 4) is 0 Å². The quantitative estimate of drug-likeness (QED) is 0.845. The molecule has 0 fully saturated rings. The highest BCUT2D eigenvalue weighted by Crippen LogP contribution is 2.15. The molecule has 1 N–H and O–H groups in total. The smallest absolute Gasteiger partial charge is 0.105 e. The van der Waals surface area contributed by atoms with E-state index in [9.17, 15) is 0 Å². The standard InChI is InChI=1S/C15H21N3/c1-3-9-17-15(14-7-5-4-6-8-14)12-18-11-10-16-13(18)2/h4-8,10-11,15,17H,3,9,12H2,1-2H3. The Balaban J connectivity index is 2.13. The molecule has 0 saturated carbocycles. The van der Waals surface area contributed by atoms with Crippen LogP contribution in [0.1, 0.15) is 30.8 Å². The Morgan fingerprint density at radius 2 is 2.06 bits per heavy atom. The lowest BCUT2D eigenvalue weighted by Crippen LogP contribution is -2.26. The summed E-state index contributed by atoms with van der Waals surface area (Å²) in [7, 11) is 0. The Morgan fingerprint density at radius 1 is 1.28 bits per heavy atom. The number of benzene rings is 1. The minimum atomic E-state index is 0.346. The summed E-state index contributed by atoms with van der Waals surface area (Å²) in [6.45, 7) is 6.20. The lowest BCUT2D eigenvalue weighted by Gasteiger charge is -2.20. The van der Waals surface area contributed by atoms with Crippen molar-refractivity contribution in [1.29, 1.82) is 0 Å². The predicted molar refractivity (Wildman–Crippen MR) is 74.4 cm³/mol. The molecule has 0 aliphatic carbocycles. The van der Waals surface area contributed by atoms with E-state index in [1.54, 1.807) is 0 Å². The minimum Gasteiger partial charge on any atom is -0.333 e. The Labute approximate surface area is 109 Å². The van der Waals surface area contributed by atoms with Gasteiger partial charge in [-0.2, -0.15) is 0 Å². The van der Waals surface area contributed by atoms with Gasteiger partial charge in [-0.3, -0.25) is 0 Å². The Bertz CT molecular complexity index is 462. The van der Waals surface area contributed by atoms with Crippen molar-refractivity contribution in [2.75, 3.05) is 6.54 Å². The average Bonchev–Trinajstić information content (AvgIpc) is 2.81. The number of hydrogen-bond acceptors (Lipinski definition) is 2. The Kier molecular flexibility index (Phi) is 4.53. The van der Waals surface area contributed by atoms with Crippen LogP contribution in [0.3, 0.4) is 0 Å². The van der Waals surface area contributed by atoms with Gasteiger partial charge in [-0.15, -0.1) is 0 Å². The van der Waals surface area contributed by atoms with Crippen LogP contribution in [-0.2, 0) is 6.54 Å². The van der Waals surface area contributed by atoms with Gasteiger partial charge in [0.2, 0.25) is 0 Å². The molecule has 1 atom stereocenters. The zero-order valence-electron chi connectivity index (χ0n) is 11.1. The molecule has 0 amide bonds. The normalized spacial score (nSPS) is 12.6. The van der Waals surface area contributed by atoms with E-state index in [-0.39, 0.29) is 0 Å². The van der Waals surface area contributed by atoms with Gasteiger partial charge < -0.3 is 9.88 Å². The van der Waals surface area contributed by atoms with Crippen LogP contribution < -0.4 is 5.32 Å². The molecule has 1 unspecified atom stereocenters. The van der Waals surface area contributed by atoms with E-state index in [0.717, 1.165) is 25.3 Å². The number of hydrogen-bond donors (Lipinski definition) is 1. The van der Waals surface area contributed by atoms with Gasteiger partial charge in [-0.25, -0.2) is 4.98 Å². The molecular formula is C15H21N3. The first-order chi connectivity index (χ1) is 8.81. The summed E-state index contributed by atoms with van der Waals surface area (Å²) >= 11 is 0. The van der Waals surface area contributed by atoms with Gasteiger partial charge in [0.1, 0.15) is 5.82 Å². The van der Waals surface area contributed by atoms with Gasteiger partial charge in [-0.1, -0.05) is 37.3 Å². The number of nitrogens with zero attached hydrogens (tertiary/aromatic N) is 2. The summed E-state index contributed by atoms with van der Waals surface area (Å²) < 4.78 is 2.19. The van der Waals surface area contributed by atoms with Crippen molar-refractivity contribution >= 4 is 0 Å². The molecule has 0 saturated heterocycles. The van der Waals surface area contributed by atoms with Crippen LogP contribution in [0.25, 0.3) is 0 Å². The van der Waals surface area contributed by atoms with E-state index in [0.29, 0.717) is 6.04 Å². The summed E-state index contributed by atoms with van der Waals surface area (Å²) in [4.78, 5) is 4.28. The Hall–Kier alpha value is -1.61. The van der Waals surface area contributed by atoms with Crippen LogP contribution in [0.4, 0.5) is 0 Å². The molecule has 1 heterocycles. The van der Waals surface area contributed by atoms with E-state index in [1.165, 1.54) is 5.56 Å². The van der Waals surface area contributed by atoms with Gasteiger partial charge in [0.25, 0.3) is 0 Å². The molecule has 0 spiro atoms. The number of imidazole rings is 1. The first-order valence-corrected chi connectivity index (χ1v) is 6.57. The molecule has 3 heteroatoms. The summed E-state index contributed by atoms with van der Waals surface area (Å²) in [5.74, 6) is 1.06. The van der Waals surface area contributed by atoms with Gasteiger partial charge >= 0.3 is 0 Å².